The molecule has 0 atom stereocenters. The quantitative estimate of drug-likeness (QED) is 0.434. The van der Waals surface area contributed by atoms with Gasteiger partial charge in [-0.25, -0.2) is 13.9 Å². The fourth-order valence-corrected chi connectivity index (χ4v) is 3.29. The normalized spacial score (nSPS) is 11.3. The van der Waals surface area contributed by atoms with Crippen molar-refractivity contribution in [3.63, 3.8) is 0 Å². The molecule has 0 aliphatic heterocycles. The Labute approximate surface area is 149 Å². The van der Waals surface area contributed by atoms with Gasteiger partial charge in [0, 0.05) is 17.3 Å². The van der Waals surface area contributed by atoms with Gasteiger partial charge < -0.3 is 0 Å². The minimum absolute atomic E-state index is 0.255. The summed E-state index contributed by atoms with van der Waals surface area (Å²) in [7, 11) is 0. The van der Waals surface area contributed by atoms with Crippen LogP contribution in [-0.2, 0) is 0 Å². The van der Waals surface area contributed by atoms with Crippen LogP contribution in [0.4, 0.5) is 4.39 Å². The van der Waals surface area contributed by atoms with Crippen LogP contribution in [0.5, 0.6) is 0 Å². The molecular formula is C22H14FN3. The third-order valence-electron chi connectivity index (χ3n) is 4.60. The number of hydrogen-bond donors (Lipinski definition) is 0. The first kappa shape index (κ1) is 14.8. The van der Waals surface area contributed by atoms with Gasteiger partial charge in [0.15, 0.2) is 5.65 Å². The van der Waals surface area contributed by atoms with E-state index in [4.69, 9.17) is 0 Å². The van der Waals surface area contributed by atoms with E-state index in [9.17, 15) is 4.39 Å². The standard InChI is InChI=1S/C22H14FN3/c23-19-9-7-16(8-10-19)20-14-25-26-21(11-12-24-22(20)26)18-6-5-15-3-1-2-4-17(15)13-18/h1-14H. The van der Waals surface area contributed by atoms with Crippen LogP contribution in [0.25, 0.3) is 38.8 Å². The van der Waals surface area contributed by atoms with Gasteiger partial charge in [-0.2, -0.15) is 5.10 Å². The van der Waals surface area contributed by atoms with E-state index in [1.807, 2.05) is 22.7 Å². The van der Waals surface area contributed by atoms with Gasteiger partial charge in [-0.05, 0) is 40.6 Å². The average molecular weight is 339 g/mol. The first-order chi connectivity index (χ1) is 12.8. The van der Waals surface area contributed by atoms with Gasteiger partial charge >= 0.3 is 0 Å². The van der Waals surface area contributed by atoms with Crippen LogP contribution in [0.15, 0.2) is 85.2 Å². The van der Waals surface area contributed by atoms with E-state index < -0.39 is 0 Å². The maximum Gasteiger partial charge on any atom is 0.163 e. The Balaban J connectivity index is 1.70. The van der Waals surface area contributed by atoms with Crippen molar-refractivity contribution in [3.05, 3.63) is 91.0 Å². The molecule has 0 amide bonds. The summed E-state index contributed by atoms with van der Waals surface area (Å²) in [5.41, 5.74) is 4.57. The highest BCUT2D eigenvalue weighted by molar-refractivity contribution is 5.87. The lowest BCUT2D eigenvalue weighted by Crippen LogP contribution is -1.95. The molecule has 0 spiro atoms. The maximum atomic E-state index is 13.2. The average Bonchev–Trinajstić information content (AvgIpc) is 3.12. The van der Waals surface area contributed by atoms with Crippen molar-refractivity contribution in [1.82, 2.24) is 14.6 Å². The second kappa shape index (κ2) is 5.77. The summed E-state index contributed by atoms with van der Waals surface area (Å²) in [6.45, 7) is 0. The van der Waals surface area contributed by atoms with E-state index in [1.54, 1.807) is 24.5 Å². The summed E-state index contributed by atoms with van der Waals surface area (Å²) in [5, 5.41) is 6.92. The monoisotopic (exact) mass is 339 g/mol. The van der Waals surface area contributed by atoms with Gasteiger partial charge in [-0.1, -0.05) is 48.5 Å². The van der Waals surface area contributed by atoms with Crippen LogP contribution in [0.2, 0.25) is 0 Å². The van der Waals surface area contributed by atoms with Crippen LogP contribution >= 0.6 is 0 Å². The molecule has 5 aromatic rings. The lowest BCUT2D eigenvalue weighted by Gasteiger charge is -2.07. The molecule has 124 valence electrons. The number of fused-ring (bicyclic) bond motifs is 2. The molecular weight excluding hydrogens is 325 g/mol. The third kappa shape index (κ3) is 2.35. The van der Waals surface area contributed by atoms with Crippen LogP contribution in [0, 0.1) is 5.82 Å². The van der Waals surface area contributed by atoms with Crippen molar-refractivity contribution in [2.75, 3.05) is 0 Å². The zero-order valence-electron chi connectivity index (χ0n) is 13.8. The molecule has 2 heterocycles. The van der Waals surface area contributed by atoms with E-state index in [2.05, 4.69) is 40.4 Å². The van der Waals surface area contributed by atoms with Crippen molar-refractivity contribution in [3.8, 4) is 22.4 Å². The predicted molar refractivity (Wildman–Crippen MR) is 101 cm³/mol. The lowest BCUT2D eigenvalue weighted by molar-refractivity contribution is 0.628. The van der Waals surface area contributed by atoms with Crippen LogP contribution in [-0.4, -0.2) is 14.6 Å². The van der Waals surface area contributed by atoms with E-state index in [-0.39, 0.29) is 5.82 Å². The maximum absolute atomic E-state index is 13.2. The Bertz CT molecular complexity index is 1240. The molecule has 0 aliphatic carbocycles. The predicted octanol–water partition coefficient (Wildman–Crippen LogP) is 5.36. The van der Waals surface area contributed by atoms with Gasteiger partial charge in [-0.3, -0.25) is 0 Å². The summed E-state index contributed by atoms with van der Waals surface area (Å²) in [5.74, 6) is -0.255. The second-order valence-electron chi connectivity index (χ2n) is 6.19. The van der Waals surface area contributed by atoms with Gasteiger partial charge in [0.1, 0.15) is 5.82 Å². The Morgan fingerprint density at radius 3 is 2.38 bits per heavy atom. The lowest BCUT2D eigenvalue weighted by atomic mass is 10.0. The summed E-state index contributed by atoms with van der Waals surface area (Å²) in [6, 6.07) is 23.0. The molecule has 4 heteroatoms. The molecule has 5 rings (SSSR count). The van der Waals surface area contributed by atoms with Crippen molar-refractivity contribution >= 4 is 16.4 Å². The molecule has 0 saturated carbocycles. The second-order valence-corrected chi connectivity index (χ2v) is 6.19. The fourth-order valence-electron chi connectivity index (χ4n) is 3.29. The van der Waals surface area contributed by atoms with Gasteiger partial charge in [0.25, 0.3) is 0 Å². The number of benzene rings is 3. The van der Waals surface area contributed by atoms with Gasteiger partial charge in [-0.15, -0.1) is 0 Å². The van der Waals surface area contributed by atoms with E-state index in [0.29, 0.717) is 0 Å². The minimum Gasteiger partial charge on any atom is -0.236 e. The zero-order chi connectivity index (χ0) is 17.5. The Kier molecular flexibility index (Phi) is 3.28. The Morgan fingerprint density at radius 1 is 0.769 bits per heavy atom. The molecule has 0 aliphatic rings. The highest BCUT2D eigenvalue weighted by atomic mass is 19.1. The molecule has 2 aromatic heterocycles. The Morgan fingerprint density at radius 2 is 1.54 bits per heavy atom. The van der Waals surface area contributed by atoms with Crippen LogP contribution in [0.3, 0.4) is 0 Å². The fraction of sp³-hybridized carbons (Fsp3) is 0. The van der Waals surface area contributed by atoms with Crippen LogP contribution in [0.1, 0.15) is 0 Å². The molecule has 26 heavy (non-hydrogen) atoms. The summed E-state index contributed by atoms with van der Waals surface area (Å²) in [4.78, 5) is 4.50. The molecule has 0 fully saturated rings. The summed E-state index contributed by atoms with van der Waals surface area (Å²) in [6.07, 6.45) is 3.56. The number of halogens is 1. The van der Waals surface area contributed by atoms with Crippen molar-refractivity contribution in [1.29, 1.82) is 0 Å². The van der Waals surface area contributed by atoms with E-state index in [1.165, 1.54) is 22.9 Å². The van der Waals surface area contributed by atoms with E-state index >= 15 is 0 Å². The van der Waals surface area contributed by atoms with Gasteiger partial charge in [0.05, 0.1) is 11.9 Å². The first-order valence-electron chi connectivity index (χ1n) is 8.37. The molecule has 0 unspecified atom stereocenters. The number of rotatable bonds is 2. The minimum atomic E-state index is -0.255. The zero-order valence-corrected chi connectivity index (χ0v) is 13.8. The van der Waals surface area contributed by atoms with Crippen molar-refractivity contribution in [2.45, 2.75) is 0 Å². The molecule has 3 nitrogen and oxygen atoms in total. The molecule has 3 aromatic carbocycles. The van der Waals surface area contributed by atoms with E-state index in [0.717, 1.165) is 28.0 Å². The third-order valence-corrected chi connectivity index (χ3v) is 4.60. The van der Waals surface area contributed by atoms with Gasteiger partial charge in [0.2, 0.25) is 0 Å². The largest absolute Gasteiger partial charge is 0.236 e. The first-order valence-corrected chi connectivity index (χ1v) is 8.37. The molecule has 0 bridgehead atoms. The van der Waals surface area contributed by atoms with Crippen LogP contribution < -0.4 is 0 Å². The Hall–Kier alpha value is -3.53. The number of nitrogens with zero attached hydrogens (tertiary/aromatic N) is 3. The summed E-state index contributed by atoms with van der Waals surface area (Å²) >= 11 is 0. The molecule has 0 radical (unpaired) electrons. The smallest absolute Gasteiger partial charge is 0.163 e. The van der Waals surface area contributed by atoms with Crippen molar-refractivity contribution < 1.29 is 4.39 Å². The number of hydrogen-bond acceptors (Lipinski definition) is 2. The topological polar surface area (TPSA) is 30.2 Å². The van der Waals surface area contributed by atoms with Crippen molar-refractivity contribution in [2.24, 2.45) is 0 Å². The highest BCUT2D eigenvalue weighted by Crippen LogP contribution is 2.28. The SMILES string of the molecule is Fc1ccc(-c2cnn3c(-c4ccc5ccccc5c4)ccnc23)cc1. The highest BCUT2D eigenvalue weighted by Gasteiger charge is 2.12. The molecule has 0 N–H and O–H groups in total. The summed E-state index contributed by atoms with van der Waals surface area (Å²) < 4.78 is 15.1. The molecule has 0 saturated heterocycles. The number of aromatic nitrogens is 3.